The Kier molecular flexibility index (Phi) is 3.47. The highest BCUT2D eigenvalue weighted by Gasteiger charge is 2.54. The largest absolute Gasteiger partial charge is 0.472 e. The van der Waals surface area contributed by atoms with Crippen LogP contribution in [0.4, 0.5) is 0 Å². The quantitative estimate of drug-likeness (QED) is 0.620. The molecule has 0 aromatic carbocycles. The fraction of sp³-hybridized carbons (Fsp3) is 0.650. The van der Waals surface area contributed by atoms with E-state index < -0.39 is 0 Å². The summed E-state index contributed by atoms with van der Waals surface area (Å²) in [7, 11) is 0. The number of allylic oxidation sites excluding steroid dienone is 1. The van der Waals surface area contributed by atoms with Crippen LogP contribution in [0, 0.1) is 16.7 Å². The molecule has 130 valence electrons. The smallest absolute Gasteiger partial charge is 0.310 e. The molecule has 1 aromatic rings. The first-order chi connectivity index (χ1) is 11.3. The molecule has 4 rings (SSSR count). The Hall–Kier alpha value is -1.55. The Morgan fingerprint density at radius 3 is 2.62 bits per heavy atom. The standard InChI is InChI=1S/C20H26O4/c1-19(2)13-4-5-15-18(22)24-16(12-8-9-23-11-12)10-20(15,3)14(13)6-7-17(19)21/h8-9,11,15-17,21H,4-7,10H2,1-3H3/t15-,16+,17-,20+/m0/s1. The van der Waals surface area contributed by atoms with E-state index in [4.69, 9.17) is 9.15 Å². The third-order valence-corrected chi connectivity index (χ3v) is 6.85. The zero-order chi connectivity index (χ0) is 17.1. The summed E-state index contributed by atoms with van der Waals surface area (Å²) >= 11 is 0. The minimum absolute atomic E-state index is 0.0644. The first-order valence-electron chi connectivity index (χ1n) is 8.97. The van der Waals surface area contributed by atoms with E-state index in [0.29, 0.717) is 0 Å². The molecule has 1 N–H and O–H groups in total. The molecule has 0 spiro atoms. The zero-order valence-electron chi connectivity index (χ0n) is 14.7. The minimum atomic E-state index is -0.295. The van der Waals surface area contributed by atoms with Gasteiger partial charge in [-0.3, -0.25) is 4.79 Å². The van der Waals surface area contributed by atoms with Gasteiger partial charge in [-0.15, -0.1) is 0 Å². The van der Waals surface area contributed by atoms with Crippen LogP contribution in [-0.4, -0.2) is 17.2 Å². The molecule has 4 atom stereocenters. The molecular formula is C20H26O4. The van der Waals surface area contributed by atoms with E-state index in [0.717, 1.165) is 37.7 Å². The Balaban J connectivity index is 1.77. The lowest BCUT2D eigenvalue weighted by Crippen LogP contribution is -2.49. The lowest BCUT2D eigenvalue weighted by atomic mass is 9.53. The summed E-state index contributed by atoms with van der Waals surface area (Å²) in [5.41, 5.74) is 3.33. The summed E-state index contributed by atoms with van der Waals surface area (Å²) in [5.74, 6) is -0.143. The van der Waals surface area contributed by atoms with Gasteiger partial charge in [0.15, 0.2) is 0 Å². The van der Waals surface area contributed by atoms with Crippen LogP contribution in [0.5, 0.6) is 0 Å². The zero-order valence-corrected chi connectivity index (χ0v) is 14.7. The number of hydrogen-bond donors (Lipinski definition) is 1. The molecule has 0 radical (unpaired) electrons. The predicted octanol–water partition coefficient (Wildman–Crippen LogP) is 4.16. The van der Waals surface area contributed by atoms with Gasteiger partial charge in [-0.1, -0.05) is 31.9 Å². The maximum absolute atomic E-state index is 12.7. The summed E-state index contributed by atoms with van der Waals surface area (Å²) in [4.78, 5) is 12.7. The van der Waals surface area contributed by atoms with Crippen LogP contribution in [0.2, 0.25) is 0 Å². The topological polar surface area (TPSA) is 59.7 Å². The second-order valence-electron chi connectivity index (χ2n) is 8.43. The predicted molar refractivity (Wildman–Crippen MR) is 89.0 cm³/mol. The molecule has 0 saturated carbocycles. The summed E-state index contributed by atoms with van der Waals surface area (Å²) < 4.78 is 10.9. The van der Waals surface area contributed by atoms with Crippen LogP contribution >= 0.6 is 0 Å². The van der Waals surface area contributed by atoms with Gasteiger partial charge in [0, 0.05) is 16.4 Å². The van der Waals surface area contributed by atoms with Crippen molar-refractivity contribution in [3.8, 4) is 0 Å². The van der Waals surface area contributed by atoms with Crippen molar-refractivity contribution in [2.45, 2.75) is 65.1 Å². The van der Waals surface area contributed by atoms with Crippen LogP contribution in [0.25, 0.3) is 0 Å². The second kappa shape index (κ2) is 5.22. The fourth-order valence-electron chi connectivity index (χ4n) is 5.24. The van der Waals surface area contributed by atoms with Gasteiger partial charge in [0.05, 0.1) is 24.5 Å². The van der Waals surface area contributed by atoms with E-state index in [-0.39, 0.29) is 34.9 Å². The monoisotopic (exact) mass is 330 g/mol. The van der Waals surface area contributed by atoms with Crippen molar-refractivity contribution in [1.29, 1.82) is 0 Å². The number of aliphatic hydroxyl groups is 1. The van der Waals surface area contributed by atoms with E-state index >= 15 is 0 Å². The third kappa shape index (κ3) is 2.12. The molecular weight excluding hydrogens is 304 g/mol. The van der Waals surface area contributed by atoms with E-state index in [1.54, 1.807) is 12.5 Å². The van der Waals surface area contributed by atoms with Gasteiger partial charge in [-0.2, -0.15) is 0 Å². The molecule has 4 heteroatoms. The number of fused-ring (bicyclic) bond motifs is 2. The Labute approximate surface area is 142 Å². The summed E-state index contributed by atoms with van der Waals surface area (Å²) in [6.45, 7) is 6.52. The van der Waals surface area contributed by atoms with Crippen molar-refractivity contribution >= 4 is 5.97 Å². The lowest BCUT2D eigenvalue weighted by Gasteiger charge is -2.53. The SMILES string of the molecule is CC1(C)C2=C(CC[C@@H]1O)[C@@]1(C)C[C@H](c3ccoc3)OC(=O)[C@@H]1CC2. The van der Waals surface area contributed by atoms with Crippen molar-refractivity contribution < 1.29 is 19.1 Å². The first kappa shape index (κ1) is 15.9. The van der Waals surface area contributed by atoms with Crippen LogP contribution < -0.4 is 0 Å². The van der Waals surface area contributed by atoms with E-state index in [1.807, 2.05) is 6.07 Å². The van der Waals surface area contributed by atoms with E-state index in [9.17, 15) is 9.90 Å². The van der Waals surface area contributed by atoms with Crippen molar-refractivity contribution in [3.05, 3.63) is 35.3 Å². The van der Waals surface area contributed by atoms with Gasteiger partial charge in [0.25, 0.3) is 0 Å². The van der Waals surface area contributed by atoms with Crippen LogP contribution in [0.15, 0.2) is 34.2 Å². The number of aliphatic hydroxyl groups excluding tert-OH is 1. The van der Waals surface area contributed by atoms with Crippen LogP contribution in [-0.2, 0) is 9.53 Å². The minimum Gasteiger partial charge on any atom is -0.472 e. The molecule has 2 aliphatic carbocycles. The van der Waals surface area contributed by atoms with Gasteiger partial charge in [0.1, 0.15) is 6.10 Å². The van der Waals surface area contributed by atoms with Gasteiger partial charge in [-0.25, -0.2) is 0 Å². The molecule has 0 unspecified atom stereocenters. The van der Waals surface area contributed by atoms with Crippen LogP contribution in [0.1, 0.15) is 64.5 Å². The Morgan fingerprint density at radius 1 is 1.17 bits per heavy atom. The third-order valence-electron chi connectivity index (χ3n) is 6.85. The van der Waals surface area contributed by atoms with Crippen LogP contribution in [0.3, 0.4) is 0 Å². The maximum Gasteiger partial charge on any atom is 0.310 e. The van der Waals surface area contributed by atoms with Crippen molar-refractivity contribution in [2.75, 3.05) is 0 Å². The molecule has 4 nitrogen and oxygen atoms in total. The highest BCUT2D eigenvalue weighted by atomic mass is 16.5. The number of ether oxygens (including phenoxy) is 1. The summed E-state index contributed by atoms with van der Waals surface area (Å²) in [6.07, 6.45) is 6.95. The molecule has 1 saturated heterocycles. The summed E-state index contributed by atoms with van der Waals surface area (Å²) in [6, 6.07) is 1.88. The number of esters is 1. The van der Waals surface area contributed by atoms with Crippen molar-refractivity contribution in [3.63, 3.8) is 0 Å². The molecule has 1 aromatic heterocycles. The highest BCUT2D eigenvalue weighted by Crippen LogP contribution is 2.60. The molecule has 3 aliphatic rings. The average Bonchev–Trinajstić information content (AvgIpc) is 3.05. The molecule has 24 heavy (non-hydrogen) atoms. The second-order valence-corrected chi connectivity index (χ2v) is 8.43. The van der Waals surface area contributed by atoms with Gasteiger partial charge in [0.2, 0.25) is 0 Å². The van der Waals surface area contributed by atoms with Gasteiger partial charge < -0.3 is 14.3 Å². The van der Waals surface area contributed by atoms with Gasteiger partial charge in [-0.05, 0) is 38.2 Å². The van der Waals surface area contributed by atoms with E-state index in [2.05, 4.69) is 20.8 Å². The lowest BCUT2D eigenvalue weighted by molar-refractivity contribution is -0.172. The Morgan fingerprint density at radius 2 is 1.92 bits per heavy atom. The summed E-state index contributed by atoms with van der Waals surface area (Å²) in [5, 5.41) is 10.5. The maximum atomic E-state index is 12.7. The Bertz CT molecular complexity index is 685. The van der Waals surface area contributed by atoms with Crippen molar-refractivity contribution in [1.82, 2.24) is 0 Å². The molecule has 0 amide bonds. The highest BCUT2D eigenvalue weighted by molar-refractivity contribution is 5.76. The number of hydrogen-bond acceptors (Lipinski definition) is 4. The number of carbonyl (C=O) groups excluding carboxylic acids is 1. The van der Waals surface area contributed by atoms with E-state index in [1.165, 1.54) is 11.1 Å². The number of rotatable bonds is 1. The van der Waals surface area contributed by atoms with Gasteiger partial charge >= 0.3 is 5.97 Å². The average molecular weight is 330 g/mol. The normalized spacial score (nSPS) is 38.3. The molecule has 1 aliphatic heterocycles. The fourth-order valence-corrected chi connectivity index (χ4v) is 5.24. The first-order valence-corrected chi connectivity index (χ1v) is 8.97. The number of furan rings is 1. The number of cyclic esters (lactones) is 1. The molecule has 1 fully saturated rings. The van der Waals surface area contributed by atoms with Crippen molar-refractivity contribution in [2.24, 2.45) is 16.7 Å². The molecule has 2 heterocycles. The number of carbonyl (C=O) groups is 1. The molecule has 0 bridgehead atoms.